The molecule has 6 heteroatoms. The van der Waals surface area contributed by atoms with Gasteiger partial charge in [-0.2, -0.15) is 0 Å². The first-order valence-corrected chi connectivity index (χ1v) is 12.2. The summed E-state index contributed by atoms with van der Waals surface area (Å²) >= 11 is 0. The Hall–Kier alpha value is -2.89. The first-order valence-electron chi connectivity index (χ1n) is 12.2. The number of anilines is 2. The van der Waals surface area contributed by atoms with Crippen molar-refractivity contribution < 1.29 is 13.9 Å². The maximum absolute atomic E-state index is 15.1. The number of rotatable bonds is 6. The summed E-state index contributed by atoms with van der Waals surface area (Å²) in [5, 5.41) is 3.50. The summed E-state index contributed by atoms with van der Waals surface area (Å²) in [6, 6.07) is 11.8. The maximum Gasteiger partial charge on any atom is 0.310 e. The van der Waals surface area contributed by atoms with Gasteiger partial charge >= 0.3 is 5.97 Å². The van der Waals surface area contributed by atoms with E-state index in [4.69, 9.17) is 9.72 Å². The second-order valence-electron chi connectivity index (χ2n) is 11.0. The normalized spacial score (nSPS) is 20.0. The Labute approximate surface area is 201 Å². The lowest BCUT2D eigenvalue weighted by Crippen LogP contribution is -2.29. The van der Waals surface area contributed by atoms with Crippen molar-refractivity contribution in [3.05, 3.63) is 53.3 Å². The summed E-state index contributed by atoms with van der Waals surface area (Å²) < 4.78 is 22.0. The van der Waals surface area contributed by atoms with Gasteiger partial charge in [-0.1, -0.05) is 46.8 Å². The summed E-state index contributed by atoms with van der Waals surface area (Å²) in [5.74, 6) is 0.851. The van der Waals surface area contributed by atoms with E-state index in [1.54, 1.807) is 6.07 Å². The van der Waals surface area contributed by atoms with E-state index in [1.807, 2.05) is 0 Å². The summed E-state index contributed by atoms with van der Waals surface area (Å²) in [6.07, 6.45) is 3.07. The van der Waals surface area contributed by atoms with Crippen molar-refractivity contribution in [1.82, 2.24) is 9.55 Å². The van der Waals surface area contributed by atoms with Crippen LogP contribution in [0.1, 0.15) is 77.0 Å². The van der Waals surface area contributed by atoms with Crippen LogP contribution in [0, 0.1) is 17.2 Å². The van der Waals surface area contributed by atoms with E-state index in [0.717, 1.165) is 24.0 Å². The zero-order valence-corrected chi connectivity index (χ0v) is 21.1. The smallest absolute Gasteiger partial charge is 0.310 e. The van der Waals surface area contributed by atoms with Crippen molar-refractivity contribution in [3.8, 4) is 0 Å². The van der Waals surface area contributed by atoms with Crippen molar-refractivity contribution in [2.75, 3.05) is 12.4 Å². The Morgan fingerprint density at radius 2 is 1.94 bits per heavy atom. The monoisotopic (exact) mass is 465 g/mol. The standard InChI is InChI=1S/C28H36FN3O2/c1-17(2)19-7-9-21(10-8-19)30-27-31-24-12-20(13-26(33)34-6)23(29)14-25(24)32(27)22-11-18(3)15-28(4,5)16-22/h7-10,12,14,17-18,22H,11,13,15-16H2,1-6H3,(H,30,31)/t18-,22+/m0/s1. The molecule has 0 spiro atoms. The van der Waals surface area contributed by atoms with Gasteiger partial charge < -0.3 is 14.6 Å². The molecule has 1 aliphatic rings. The SMILES string of the molecule is COC(=O)Cc1cc2nc(Nc3ccc(C(C)C)cc3)n([C@@H]3C[C@H](C)CC(C)(C)C3)c2cc1F. The number of fused-ring (bicyclic) bond motifs is 1. The number of halogens is 1. The number of esters is 1. The van der Waals surface area contributed by atoms with Gasteiger partial charge in [-0.3, -0.25) is 4.79 Å². The Kier molecular flexibility index (Phi) is 6.70. The van der Waals surface area contributed by atoms with Gasteiger partial charge in [-0.15, -0.1) is 0 Å². The minimum atomic E-state index is -0.468. The molecule has 0 unspecified atom stereocenters. The minimum Gasteiger partial charge on any atom is -0.469 e. The van der Waals surface area contributed by atoms with Crippen molar-refractivity contribution in [2.24, 2.45) is 11.3 Å². The summed E-state index contributed by atoms with van der Waals surface area (Å²) in [7, 11) is 1.31. The molecule has 1 heterocycles. The fourth-order valence-corrected chi connectivity index (χ4v) is 5.55. The molecule has 1 fully saturated rings. The zero-order valence-electron chi connectivity index (χ0n) is 21.1. The summed E-state index contributed by atoms with van der Waals surface area (Å²) in [6.45, 7) is 11.3. The molecule has 1 aliphatic carbocycles. The summed E-state index contributed by atoms with van der Waals surface area (Å²) in [4.78, 5) is 16.7. The van der Waals surface area contributed by atoms with Gasteiger partial charge in [0.1, 0.15) is 5.82 Å². The van der Waals surface area contributed by atoms with Gasteiger partial charge in [0.25, 0.3) is 0 Å². The highest BCUT2D eigenvalue weighted by atomic mass is 19.1. The van der Waals surface area contributed by atoms with Crippen LogP contribution in [0.5, 0.6) is 0 Å². The average molecular weight is 466 g/mol. The molecule has 2 aromatic carbocycles. The highest BCUT2D eigenvalue weighted by Gasteiger charge is 2.35. The highest BCUT2D eigenvalue weighted by Crippen LogP contribution is 2.46. The van der Waals surface area contributed by atoms with Gasteiger partial charge in [0.05, 0.1) is 24.6 Å². The van der Waals surface area contributed by atoms with Crippen LogP contribution in [-0.4, -0.2) is 22.6 Å². The number of nitrogens with zero attached hydrogens (tertiary/aromatic N) is 2. The van der Waals surface area contributed by atoms with E-state index in [2.05, 4.69) is 68.8 Å². The van der Waals surface area contributed by atoms with E-state index < -0.39 is 11.8 Å². The second-order valence-corrected chi connectivity index (χ2v) is 11.0. The quantitative estimate of drug-likeness (QED) is 0.393. The number of carbonyl (C=O) groups excluding carboxylic acids is 1. The van der Waals surface area contributed by atoms with Crippen molar-refractivity contribution in [1.29, 1.82) is 0 Å². The second kappa shape index (κ2) is 9.40. The van der Waals surface area contributed by atoms with Crippen LogP contribution >= 0.6 is 0 Å². The molecule has 1 saturated carbocycles. The molecule has 1 N–H and O–H groups in total. The number of hydrogen-bond acceptors (Lipinski definition) is 4. The lowest BCUT2D eigenvalue weighted by molar-refractivity contribution is -0.139. The minimum absolute atomic E-state index is 0.113. The van der Waals surface area contributed by atoms with Crippen LogP contribution in [0.15, 0.2) is 36.4 Å². The number of imidazole rings is 1. The third-order valence-corrected chi connectivity index (χ3v) is 6.98. The zero-order chi connectivity index (χ0) is 24.6. The molecule has 4 rings (SSSR count). The summed E-state index contributed by atoms with van der Waals surface area (Å²) in [5.41, 5.74) is 4.14. The molecular weight excluding hydrogens is 429 g/mol. The molecule has 2 atom stereocenters. The maximum atomic E-state index is 15.1. The first kappa shape index (κ1) is 24.2. The molecule has 182 valence electrons. The van der Waals surface area contributed by atoms with Gasteiger partial charge in [0, 0.05) is 23.4 Å². The highest BCUT2D eigenvalue weighted by molar-refractivity contribution is 5.82. The van der Waals surface area contributed by atoms with E-state index in [1.165, 1.54) is 25.2 Å². The predicted molar refractivity (Wildman–Crippen MR) is 135 cm³/mol. The fraction of sp³-hybridized carbons (Fsp3) is 0.500. The number of hydrogen-bond donors (Lipinski definition) is 1. The topological polar surface area (TPSA) is 56.1 Å². The Bertz CT molecular complexity index is 1180. The van der Waals surface area contributed by atoms with Gasteiger partial charge in [-0.25, -0.2) is 9.37 Å². The number of nitrogens with one attached hydrogen (secondary N) is 1. The third-order valence-electron chi connectivity index (χ3n) is 6.98. The molecule has 0 amide bonds. The Morgan fingerprint density at radius 3 is 2.56 bits per heavy atom. The first-order chi connectivity index (χ1) is 16.1. The molecule has 0 saturated heterocycles. The van der Waals surface area contributed by atoms with Gasteiger partial charge in [0.2, 0.25) is 5.95 Å². The molecule has 0 aliphatic heterocycles. The Morgan fingerprint density at radius 1 is 1.24 bits per heavy atom. The fourth-order valence-electron chi connectivity index (χ4n) is 5.55. The lowest BCUT2D eigenvalue weighted by Gasteiger charge is -2.40. The van der Waals surface area contributed by atoms with Crippen LogP contribution in [-0.2, 0) is 16.0 Å². The molecule has 3 aromatic rings. The van der Waals surface area contributed by atoms with Crippen molar-refractivity contribution in [3.63, 3.8) is 0 Å². The van der Waals surface area contributed by atoms with Crippen LogP contribution in [0.3, 0.4) is 0 Å². The van der Waals surface area contributed by atoms with Crippen LogP contribution in [0.4, 0.5) is 16.0 Å². The Balaban J connectivity index is 1.80. The molecule has 0 radical (unpaired) electrons. The molecule has 5 nitrogen and oxygen atoms in total. The van der Waals surface area contributed by atoms with E-state index in [9.17, 15) is 4.79 Å². The molecule has 0 bridgehead atoms. The third kappa shape index (κ3) is 5.11. The lowest BCUT2D eigenvalue weighted by atomic mass is 9.70. The van der Waals surface area contributed by atoms with Gasteiger partial charge in [0.15, 0.2) is 0 Å². The number of benzene rings is 2. The number of methoxy groups -OCH3 is 1. The van der Waals surface area contributed by atoms with Crippen LogP contribution < -0.4 is 5.32 Å². The largest absolute Gasteiger partial charge is 0.469 e. The van der Waals surface area contributed by atoms with Crippen molar-refractivity contribution in [2.45, 2.75) is 72.3 Å². The number of ether oxygens (including phenoxy) is 1. The van der Waals surface area contributed by atoms with E-state index in [0.29, 0.717) is 28.9 Å². The predicted octanol–water partition coefficient (Wildman–Crippen LogP) is 7.15. The number of aromatic nitrogens is 2. The average Bonchev–Trinajstić information content (AvgIpc) is 3.09. The van der Waals surface area contributed by atoms with Crippen LogP contribution in [0.2, 0.25) is 0 Å². The molecule has 1 aromatic heterocycles. The van der Waals surface area contributed by atoms with E-state index in [-0.39, 0.29) is 17.9 Å². The van der Waals surface area contributed by atoms with Crippen molar-refractivity contribution >= 4 is 28.6 Å². The van der Waals surface area contributed by atoms with Crippen LogP contribution in [0.25, 0.3) is 11.0 Å². The molecule has 34 heavy (non-hydrogen) atoms. The van der Waals surface area contributed by atoms with E-state index >= 15 is 4.39 Å². The number of carbonyl (C=O) groups is 1. The molecular formula is C28H36FN3O2. The van der Waals surface area contributed by atoms with Gasteiger partial charge in [-0.05, 0) is 60.3 Å².